The van der Waals surface area contributed by atoms with Crippen LogP contribution in [0.3, 0.4) is 0 Å². The van der Waals surface area contributed by atoms with E-state index in [1.165, 1.54) is 36.4 Å². The van der Waals surface area contributed by atoms with Crippen LogP contribution in [-0.2, 0) is 11.3 Å². The topological polar surface area (TPSA) is 90.1 Å². The maximum absolute atomic E-state index is 13.8. The Morgan fingerprint density at radius 1 is 1.06 bits per heavy atom. The Balaban J connectivity index is 1.70. The second-order valence-electron chi connectivity index (χ2n) is 6.12. The van der Waals surface area contributed by atoms with Crippen molar-refractivity contribution in [1.29, 1.82) is 0 Å². The van der Waals surface area contributed by atoms with Gasteiger partial charge in [-0.05, 0) is 11.6 Å². The van der Waals surface area contributed by atoms with E-state index in [0.717, 1.165) is 17.0 Å². The molecule has 3 aromatic rings. The number of anilines is 1. The van der Waals surface area contributed by atoms with Crippen LogP contribution < -0.4 is 5.32 Å². The fourth-order valence-electron chi connectivity index (χ4n) is 2.55. The van der Waals surface area contributed by atoms with Crippen LogP contribution in [0.2, 0.25) is 0 Å². The summed E-state index contributed by atoms with van der Waals surface area (Å²) < 4.78 is 68.1. The number of hydrogen-bond donors (Lipinski definition) is 1. The number of non-ortho nitro benzene ring substituents is 1. The number of hydrogen-bond acceptors (Lipinski definition) is 4. The summed E-state index contributed by atoms with van der Waals surface area (Å²) in [6, 6.07) is 6.76. The number of nitrogens with one attached hydrogen (secondary N) is 1. The molecule has 160 valence electrons. The van der Waals surface area contributed by atoms with Crippen LogP contribution >= 0.6 is 0 Å². The summed E-state index contributed by atoms with van der Waals surface area (Å²) in [5.41, 5.74) is -0.849. The zero-order chi connectivity index (χ0) is 22.7. The van der Waals surface area contributed by atoms with Gasteiger partial charge in [-0.1, -0.05) is 12.1 Å². The van der Waals surface area contributed by atoms with Gasteiger partial charge in [0.2, 0.25) is 11.7 Å². The van der Waals surface area contributed by atoms with Crippen LogP contribution in [0.25, 0.3) is 6.08 Å². The first kappa shape index (κ1) is 21.6. The summed E-state index contributed by atoms with van der Waals surface area (Å²) in [5.74, 6) is -11.1. The Hall–Kier alpha value is -4.09. The molecule has 0 saturated heterocycles. The van der Waals surface area contributed by atoms with Crippen LogP contribution in [0.15, 0.2) is 42.6 Å². The normalized spacial score (nSPS) is 11.1. The standard InChI is InChI=1S/C19H11F5N4O3/c20-15-12(16(21)18(23)19(24)17(15)22)9-27-7-6-13(26-27)25-14(29)5-4-10-2-1-3-11(8-10)28(30)31/h1-8H,9H2,(H,25,26,29)/b5-4+. The lowest BCUT2D eigenvalue weighted by atomic mass is 10.1. The molecule has 1 heterocycles. The zero-order valence-electron chi connectivity index (χ0n) is 15.3. The van der Waals surface area contributed by atoms with Crippen LogP contribution in [0.4, 0.5) is 33.5 Å². The minimum Gasteiger partial charge on any atom is -0.306 e. The van der Waals surface area contributed by atoms with Crippen molar-refractivity contribution < 1.29 is 31.7 Å². The smallest absolute Gasteiger partial charge is 0.270 e. The first-order valence-corrected chi connectivity index (χ1v) is 8.44. The molecule has 0 fully saturated rings. The number of rotatable bonds is 6. The molecule has 0 aliphatic rings. The molecule has 7 nitrogen and oxygen atoms in total. The number of nitro benzene ring substituents is 1. The third-order valence-corrected chi connectivity index (χ3v) is 4.02. The van der Waals surface area contributed by atoms with Crippen molar-refractivity contribution in [2.24, 2.45) is 0 Å². The highest BCUT2D eigenvalue weighted by atomic mass is 19.2. The quantitative estimate of drug-likeness (QED) is 0.156. The Morgan fingerprint density at radius 2 is 1.71 bits per heavy atom. The largest absolute Gasteiger partial charge is 0.306 e. The molecule has 2 aromatic carbocycles. The van der Waals surface area contributed by atoms with Gasteiger partial charge < -0.3 is 5.32 Å². The number of nitro groups is 1. The van der Waals surface area contributed by atoms with E-state index in [4.69, 9.17) is 0 Å². The monoisotopic (exact) mass is 438 g/mol. The van der Waals surface area contributed by atoms with E-state index in [1.54, 1.807) is 0 Å². The van der Waals surface area contributed by atoms with Crippen molar-refractivity contribution in [3.8, 4) is 0 Å². The predicted molar refractivity (Wildman–Crippen MR) is 98.3 cm³/mol. The predicted octanol–water partition coefficient (Wildman–Crippen LogP) is 4.19. The van der Waals surface area contributed by atoms with Crippen molar-refractivity contribution in [1.82, 2.24) is 9.78 Å². The van der Waals surface area contributed by atoms with Gasteiger partial charge in [0, 0.05) is 30.5 Å². The van der Waals surface area contributed by atoms with Gasteiger partial charge in [-0.3, -0.25) is 19.6 Å². The van der Waals surface area contributed by atoms with Gasteiger partial charge in [0.1, 0.15) is 0 Å². The van der Waals surface area contributed by atoms with Gasteiger partial charge in [-0.25, -0.2) is 22.0 Å². The molecular formula is C19H11F5N4O3. The molecule has 0 bridgehead atoms. The summed E-state index contributed by atoms with van der Waals surface area (Å²) in [6.45, 7) is -0.773. The summed E-state index contributed by atoms with van der Waals surface area (Å²) >= 11 is 0. The van der Waals surface area contributed by atoms with E-state index in [2.05, 4.69) is 10.4 Å². The first-order chi connectivity index (χ1) is 14.7. The maximum atomic E-state index is 13.8. The molecule has 31 heavy (non-hydrogen) atoms. The van der Waals surface area contributed by atoms with Crippen LogP contribution in [0, 0.1) is 39.2 Å². The Bertz CT molecular complexity index is 1180. The van der Waals surface area contributed by atoms with Crippen molar-refractivity contribution in [3.05, 3.63) is 92.9 Å². The first-order valence-electron chi connectivity index (χ1n) is 8.44. The number of halogens is 5. The summed E-state index contributed by atoms with van der Waals surface area (Å²) in [5, 5.41) is 16.9. The molecule has 1 N–H and O–H groups in total. The Morgan fingerprint density at radius 3 is 2.35 bits per heavy atom. The third kappa shape index (κ3) is 4.74. The lowest BCUT2D eigenvalue weighted by molar-refractivity contribution is -0.384. The van der Waals surface area contributed by atoms with Gasteiger partial charge >= 0.3 is 0 Å². The minimum atomic E-state index is -2.26. The van der Waals surface area contributed by atoms with E-state index in [0.29, 0.717) is 5.56 Å². The van der Waals surface area contributed by atoms with E-state index >= 15 is 0 Å². The van der Waals surface area contributed by atoms with E-state index in [1.807, 2.05) is 0 Å². The second kappa shape index (κ2) is 8.73. The molecule has 0 aliphatic carbocycles. The molecule has 0 saturated carbocycles. The van der Waals surface area contributed by atoms with Crippen LogP contribution in [0.5, 0.6) is 0 Å². The van der Waals surface area contributed by atoms with Gasteiger partial charge in [-0.2, -0.15) is 5.10 Å². The van der Waals surface area contributed by atoms with E-state index < -0.39 is 52.0 Å². The number of carbonyl (C=O) groups excluding carboxylic acids is 1. The zero-order valence-corrected chi connectivity index (χ0v) is 15.3. The number of nitrogens with zero attached hydrogens (tertiary/aromatic N) is 3. The van der Waals surface area contributed by atoms with E-state index in [-0.39, 0.29) is 11.5 Å². The number of amides is 1. The Kier molecular flexibility index (Phi) is 6.09. The average Bonchev–Trinajstić information content (AvgIpc) is 3.19. The highest BCUT2D eigenvalue weighted by Crippen LogP contribution is 2.24. The highest BCUT2D eigenvalue weighted by Gasteiger charge is 2.25. The molecule has 0 atom stereocenters. The lowest BCUT2D eigenvalue weighted by Gasteiger charge is -2.08. The maximum Gasteiger partial charge on any atom is 0.270 e. The molecule has 0 unspecified atom stereocenters. The van der Waals surface area contributed by atoms with Gasteiger partial charge in [0.25, 0.3) is 5.69 Å². The number of benzene rings is 2. The molecule has 1 aromatic heterocycles. The van der Waals surface area contributed by atoms with Gasteiger partial charge in [0.05, 0.1) is 17.0 Å². The summed E-state index contributed by atoms with van der Waals surface area (Å²) in [4.78, 5) is 22.1. The molecule has 0 radical (unpaired) electrons. The fourth-order valence-corrected chi connectivity index (χ4v) is 2.55. The van der Waals surface area contributed by atoms with Gasteiger partial charge in [-0.15, -0.1) is 0 Å². The minimum absolute atomic E-state index is 0.0578. The molecular weight excluding hydrogens is 427 g/mol. The summed E-state index contributed by atoms with van der Waals surface area (Å²) in [7, 11) is 0. The lowest BCUT2D eigenvalue weighted by Crippen LogP contribution is -2.12. The van der Waals surface area contributed by atoms with Crippen LogP contribution in [0.1, 0.15) is 11.1 Å². The molecule has 0 spiro atoms. The third-order valence-electron chi connectivity index (χ3n) is 4.02. The van der Waals surface area contributed by atoms with Crippen molar-refractivity contribution >= 4 is 23.5 Å². The number of carbonyl (C=O) groups is 1. The second-order valence-corrected chi connectivity index (χ2v) is 6.12. The Labute approximate surface area is 170 Å². The number of aromatic nitrogens is 2. The van der Waals surface area contributed by atoms with Crippen molar-refractivity contribution in [2.75, 3.05) is 5.32 Å². The average molecular weight is 438 g/mol. The SMILES string of the molecule is O=C(/C=C/c1cccc([N+](=O)[O-])c1)Nc1ccn(Cc2c(F)c(F)c(F)c(F)c2F)n1. The molecule has 3 rings (SSSR count). The van der Waals surface area contributed by atoms with Crippen molar-refractivity contribution in [3.63, 3.8) is 0 Å². The van der Waals surface area contributed by atoms with Crippen molar-refractivity contribution in [2.45, 2.75) is 6.54 Å². The summed E-state index contributed by atoms with van der Waals surface area (Å²) in [6.07, 6.45) is 3.55. The molecule has 0 aliphatic heterocycles. The fraction of sp³-hybridized carbons (Fsp3) is 0.0526. The molecule has 12 heteroatoms. The highest BCUT2D eigenvalue weighted by molar-refractivity contribution is 6.01. The van der Waals surface area contributed by atoms with Crippen LogP contribution in [-0.4, -0.2) is 20.6 Å². The molecule has 1 amide bonds. The van der Waals surface area contributed by atoms with Gasteiger partial charge in [0.15, 0.2) is 29.1 Å². The van der Waals surface area contributed by atoms with E-state index in [9.17, 15) is 36.9 Å².